The molecule has 0 aromatic heterocycles. The Kier molecular flexibility index (Phi) is 5.48. The topological polar surface area (TPSA) is 95.9 Å². The summed E-state index contributed by atoms with van der Waals surface area (Å²) < 4.78 is 43.6. The first-order chi connectivity index (χ1) is 11.7. The molecule has 2 rings (SSSR count). The second kappa shape index (κ2) is 7.39. The molecule has 1 aromatic carbocycles. The molecule has 0 radical (unpaired) electrons. The van der Waals surface area contributed by atoms with Gasteiger partial charge < -0.3 is 20.3 Å². The molecule has 1 aromatic rings. The van der Waals surface area contributed by atoms with Crippen molar-refractivity contribution in [3.8, 4) is 5.75 Å². The number of carboxylic acid groups (broad SMARTS) is 2. The van der Waals surface area contributed by atoms with E-state index < -0.39 is 29.7 Å². The van der Waals surface area contributed by atoms with E-state index in [0.29, 0.717) is 6.08 Å². The van der Waals surface area contributed by atoms with E-state index in [0.717, 1.165) is 12.1 Å². The lowest BCUT2D eigenvalue weighted by Crippen LogP contribution is -2.38. The second-order valence-electron chi connectivity index (χ2n) is 5.21. The van der Waals surface area contributed by atoms with Crippen LogP contribution in [0.25, 0.3) is 0 Å². The SMILES string of the molecule is O=C(O)C=C(C(=O)O)C1CC(Oc2cccc(C(F)(F)F)c2)=CCN1. The van der Waals surface area contributed by atoms with Crippen molar-refractivity contribution in [1.29, 1.82) is 0 Å². The van der Waals surface area contributed by atoms with Crippen LogP contribution >= 0.6 is 0 Å². The van der Waals surface area contributed by atoms with Gasteiger partial charge in [0.2, 0.25) is 0 Å². The lowest BCUT2D eigenvalue weighted by atomic mass is 9.99. The monoisotopic (exact) mass is 357 g/mol. The van der Waals surface area contributed by atoms with Crippen molar-refractivity contribution < 1.29 is 37.7 Å². The van der Waals surface area contributed by atoms with Crippen LogP contribution in [0, 0.1) is 0 Å². The van der Waals surface area contributed by atoms with Crippen molar-refractivity contribution in [2.24, 2.45) is 0 Å². The third kappa shape index (κ3) is 5.08. The fourth-order valence-corrected chi connectivity index (χ4v) is 2.31. The molecule has 0 aliphatic carbocycles. The predicted octanol–water partition coefficient (Wildman–Crippen LogP) is 2.43. The lowest BCUT2D eigenvalue weighted by Gasteiger charge is -2.24. The zero-order valence-corrected chi connectivity index (χ0v) is 12.7. The van der Waals surface area contributed by atoms with Crippen molar-refractivity contribution >= 4 is 11.9 Å². The third-order valence-electron chi connectivity index (χ3n) is 3.41. The maximum absolute atomic E-state index is 12.7. The van der Waals surface area contributed by atoms with Gasteiger partial charge in [0.1, 0.15) is 11.5 Å². The van der Waals surface area contributed by atoms with Crippen LogP contribution in [0.4, 0.5) is 13.2 Å². The minimum atomic E-state index is -4.51. The standard InChI is InChI=1S/C16H14F3NO5/c17-16(18,19)9-2-1-3-10(6-9)25-11-4-5-20-13(7-11)12(15(23)24)8-14(21)22/h1-4,6,8,13,20H,5,7H2,(H,21,22)(H,23,24). The normalized spacial score (nSPS) is 18.4. The number of hydrogen-bond acceptors (Lipinski definition) is 4. The summed E-state index contributed by atoms with van der Waals surface area (Å²) in [6, 6.07) is 3.45. The first kappa shape index (κ1) is 18.5. The Morgan fingerprint density at radius 1 is 1.28 bits per heavy atom. The highest BCUT2D eigenvalue weighted by atomic mass is 19.4. The molecule has 0 amide bonds. The summed E-state index contributed by atoms with van der Waals surface area (Å²) in [7, 11) is 0. The van der Waals surface area contributed by atoms with Crippen molar-refractivity contribution in [3.63, 3.8) is 0 Å². The van der Waals surface area contributed by atoms with E-state index in [1.165, 1.54) is 12.1 Å². The number of hydrogen-bond donors (Lipinski definition) is 3. The molecule has 0 saturated heterocycles. The maximum Gasteiger partial charge on any atom is 0.416 e. The highest BCUT2D eigenvalue weighted by Crippen LogP contribution is 2.32. The average molecular weight is 357 g/mol. The summed E-state index contributed by atoms with van der Waals surface area (Å²) in [5, 5.41) is 20.7. The zero-order chi connectivity index (χ0) is 18.6. The summed E-state index contributed by atoms with van der Waals surface area (Å²) in [6.07, 6.45) is -2.39. The Labute approximate surface area is 140 Å². The fourth-order valence-electron chi connectivity index (χ4n) is 2.31. The largest absolute Gasteiger partial charge is 0.478 e. The summed E-state index contributed by atoms with van der Waals surface area (Å²) in [5.74, 6) is -2.60. The smallest absolute Gasteiger partial charge is 0.416 e. The number of aliphatic carboxylic acids is 2. The Morgan fingerprint density at radius 3 is 2.60 bits per heavy atom. The van der Waals surface area contributed by atoms with Gasteiger partial charge in [0, 0.05) is 25.1 Å². The molecule has 134 valence electrons. The van der Waals surface area contributed by atoms with E-state index >= 15 is 0 Å². The third-order valence-corrected chi connectivity index (χ3v) is 3.41. The molecule has 25 heavy (non-hydrogen) atoms. The van der Waals surface area contributed by atoms with Gasteiger partial charge in [-0.15, -0.1) is 0 Å². The number of ether oxygens (including phenoxy) is 1. The molecular formula is C16H14F3NO5. The van der Waals surface area contributed by atoms with Gasteiger partial charge >= 0.3 is 18.1 Å². The first-order valence-corrected chi connectivity index (χ1v) is 7.12. The molecular weight excluding hydrogens is 343 g/mol. The zero-order valence-electron chi connectivity index (χ0n) is 12.7. The minimum Gasteiger partial charge on any atom is -0.478 e. The Hall–Kier alpha value is -2.81. The van der Waals surface area contributed by atoms with E-state index in [-0.39, 0.29) is 30.0 Å². The molecule has 3 N–H and O–H groups in total. The Morgan fingerprint density at radius 2 is 2.00 bits per heavy atom. The minimum absolute atomic E-state index is 0.0122. The number of alkyl halides is 3. The molecule has 0 saturated carbocycles. The molecule has 0 fully saturated rings. The molecule has 1 atom stereocenters. The number of carbonyl (C=O) groups is 2. The molecule has 9 heteroatoms. The molecule has 0 spiro atoms. The van der Waals surface area contributed by atoms with E-state index in [4.69, 9.17) is 14.9 Å². The fraction of sp³-hybridized carbons (Fsp3) is 0.250. The van der Waals surface area contributed by atoms with Crippen LogP contribution < -0.4 is 10.1 Å². The number of nitrogens with one attached hydrogen (secondary N) is 1. The van der Waals surface area contributed by atoms with Crippen molar-refractivity contribution in [1.82, 2.24) is 5.32 Å². The summed E-state index contributed by atoms with van der Waals surface area (Å²) in [4.78, 5) is 21.9. The molecule has 6 nitrogen and oxygen atoms in total. The number of rotatable bonds is 5. The van der Waals surface area contributed by atoms with Gasteiger partial charge in [0.25, 0.3) is 0 Å². The lowest BCUT2D eigenvalue weighted by molar-refractivity contribution is -0.137. The van der Waals surface area contributed by atoms with Crippen molar-refractivity contribution in [2.45, 2.75) is 18.6 Å². The van der Waals surface area contributed by atoms with Gasteiger partial charge in [0.15, 0.2) is 0 Å². The van der Waals surface area contributed by atoms with Crippen LogP contribution in [-0.2, 0) is 15.8 Å². The number of halogens is 3. The van der Waals surface area contributed by atoms with Gasteiger partial charge in [0.05, 0.1) is 11.1 Å². The van der Waals surface area contributed by atoms with Crippen molar-refractivity contribution in [3.05, 3.63) is 53.3 Å². The van der Waals surface area contributed by atoms with E-state index in [1.807, 2.05) is 0 Å². The highest BCUT2D eigenvalue weighted by Gasteiger charge is 2.31. The van der Waals surface area contributed by atoms with Gasteiger partial charge in [-0.2, -0.15) is 13.2 Å². The second-order valence-corrected chi connectivity index (χ2v) is 5.21. The van der Waals surface area contributed by atoms with Gasteiger partial charge in [-0.3, -0.25) is 0 Å². The summed E-state index contributed by atoms with van der Waals surface area (Å²) >= 11 is 0. The number of carboxylic acids is 2. The molecule has 1 aliphatic heterocycles. The van der Waals surface area contributed by atoms with Gasteiger partial charge in [-0.25, -0.2) is 9.59 Å². The Balaban J connectivity index is 2.16. The van der Waals surface area contributed by atoms with Gasteiger partial charge in [-0.05, 0) is 24.3 Å². The Bertz CT molecular complexity index is 740. The average Bonchev–Trinajstić information content (AvgIpc) is 2.52. The van der Waals surface area contributed by atoms with Crippen molar-refractivity contribution in [2.75, 3.05) is 6.54 Å². The van der Waals surface area contributed by atoms with Crippen LogP contribution in [0.3, 0.4) is 0 Å². The summed E-state index contributed by atoms with van der Waals surface area (Å²) in [5.41, 5.74) is -1.24. The van der Waals surface area contributed by atoms with Crippen LogP contribution in [0.15, 0.2) is 47.7 Å². The van der Waals surface area contributed by atoms with Crippen LogP contribution in [0.5, 0.6) is 5.75 Å². The quantitative estimate of drug-likeness (QED) is 0.701. The highest BCUT2D eigenvalue weighted by molar-refractivity contribution is 5.95. The van der Waals surface area contributed by atoms with E-state index in [9.17, 15) is 22.8 Å². The van der Waals surface area contributed by atoms with Crippen LogP contribution in [0.1, 0.15) is 12.0 Å². The summed E-state index contributed by atoms with van der Waals surface area (Å²) in [6.45, 7) is 0.184. The van der Waals surface area contributed by atoms with E-state index in [2.05, 4.69) is 5.32 Å². The maximum atomic E-state index is 12.7. The van der Waals surface area contributed by atoms with E-state index in [1.54, 1.807) is 6.08 Å². The first-order valence-electron chi connectivity index (χ1n) is 7.12. The molecule has 1 unspecified atom stereocenters. The number of benzene rings is 1. The predicted molar refractivity (Wildman–Crippen MR) is 79.9 cm³/mol. The van der Waals surface area contributed by atoms with Crippen LogP contribution in [-0.4, -0.2) is 34.7 Å². The van der Waals surface area contributed by atoms with Gasteiger partial charge in [-0.1, -0.05) is 6.07 Å². The molecule has 0 bridgehead atoms. The van der Waals surface area contributed by atoms with Crippen LogP contribution in [0.2, 0.25) is 0 Å². The molecule has 1 heterocycles. The molecule has 1 aliphatic rings.